The van der Waals surface area contributed by atoms with Gasteiger partial charge in [-0.05, 0) is 17.7 Å². The van der Waals surface area contributed by atoms with Crippen LogP contribution in [0.4, 0.5) is 8.78 Å². The molecule has 0 saturated heterocycles. The lowest BCUT2D eigenvalue weighted by Gasteiger charge is -2.07. The molecular weight excluding hydrogens is 322 g/mol. The number of hydrogen-bond acceptors (Lipinski definition) is 3. The second kappa shape index (κ2) is 6.91. The lowest BCUT2D eigenvalue weighted by molar-refractivity contribution is -0.133. The molecule has 4 nitrogen and oxygen atoms in total. The summed E-state index contributed by atoms with van der Waals surface area (Å²) in [5, 5.41) is 13.4. The standard InChI is InChI=1S/C13H11ClF2N2O2S/c14-9-4-2-1-3-8(9)6-18-11(21-7-12(19)20)5-10(17-18)13(15)16/h1-5,13H,6-7H2,(H,19,20). The fraction of sp³-hybridized carbons (Fsp3) is 0.231. The molecule has 1 aromatic heterocycles. The van der Waals surface area contributed by atoms with Crippen molar-refractivity contribution in [2.24, 2.45) is 0 Å². The number of rotatable bonds is 6. The quantitative estimate of drug-likeness (QED) is 0.819. The van der Waals surface area contributed by atoms with Crippen molar-refractivity contribution in [3.8, 4) is 0 Å². The summed E-state index contributed by atoms with van der Waals surface area (Å²) in [5.74, 6) is -1.25. The Hall–Kier alpha value is -1.60. The van der Waals surface area contributed by atoms with E-state index in [0.717, 1.165) is 17.3 Å². The number of carboxylic acids is 1. The molecule has 0 unspecified atom stereocenters. The Morgan fingerprint density at radius 2 is 2.14 bits per heavy atom. The van der Waals surface area contributed by atoms with Gasteiger partial charge in [-0.2, -0.15) is 5.10 Å². The molecule has 0 aliphatic heterocycles. The number of nitrogens with zero attached hydrogens (tertiary/aromatic N) is 2. The van der Waals surface area contributed by atoms with E-state index >= 15 is 0 Å². The summed E-state index contributed by atoms with van der Waals surface area (Å²) in [6.07, 6.45) is -2.71. The minimum absolute atomic E-state index is 0.203. The molecule has 8 heteroatoms. The summed E-state index contributed by atoms with van der Waals surface area (Å²) < 4.78 is 26.8. The number of halogens is 3. The third-order valence-corrected chi connectivity index (χ3v) is 3.99. The topological polar surface area (TPSA) is 55.1 Å². The zero-order valence-corrected chi connectivity index (χ0v) is 12.2. The highest BCUT2D eigenvalue weighted by Gasteiger charge is 2.17. The van der Waals surface area contributed by atoms with Crippen LogP contribution in [0.2, 0.25) is 5.02 Å². The van der Waals surface area contributed by atoms with Crippen LogP contribution in [0.1, 0.15) is 17.7 Å². The van der Waals surface area contributed by atoms with E-state index in [4.69, 9.17) is 16.7 Å². The molecule has 2 rings (SSSR count). The highest BCUT2D eigenvalue weighted by atomic mass is 35.5. The molecule has 0 atom stereocenters. The zero-order valence-electron chi connectivity index (χ0n) is 10.7. The van der Waals surface area contributed by atoms with Crippen molar-refractivity contribution in [2.45, 2.75) is 18.0 Å². The van der Waals surface area contributed by atoms with E-state index in [1.54, 1.807) is 24.3 Å². The summed E-state index contributed by atoms with van der Waals surface area (Å²) in [7, 11) is 0. The van der Waals surface area contributed by atoms with Gasteiger partial charge in [-0.1, -0.05) is 41.6 Å². The van der Waals surface area contributed by atoms with E-state index in [2.05, 4.69) is 5.10 Å². The third kappa shape index (κ3) is 4.18. The normalized spacial score (nSPS) is 11.0. The molecule has 2 aromatic rings. The van der Waals surface area contributed by atoms with E-state index in [1.807, 2.05) is 0 Å². The number of hydrogen-bond donors (Lipinski definition) is 1. The highest BCUT2D eigenvalue weighted by Crippen LogP contribution is 2.26. The van der Waals surface area contributed by atoms with Gasteiger partial charge < -0.3 is 5.11 Å². The number of thioether (sulfide) groups is 1. The first-order valence-electron chi connectivity index (χ1n) is 5.91. The van der Waals surface area contributed by atoms with Crippen molar-refractivity contribution in [1.29, 1.82) is 0 Å². The molecule has 112 valence electrons. The van der Waals surface area contributed by atoms with Gasteiger partial charge in [-0.3, -0.25) is 9.48 Å². The van der Waals surface area contributed by atoms with Gasteiger partial charge in [0.05, 0.1) is 17.3 Å². The predicted molar refractivity (Wildman–Crippen MR) is 76.1 cm³/mol. The lowest BCUT2D eigenvalue weighted by Crippen LogP contribution is -2.06. The van der Waals surface area contributed by atoms with E-state index in [0.29, 0.717) is 10.0 Å². The van der Waals surface area contributed by atoms with Crippen molar-refractivity contribution in [3.05, 3.63) is 46.6 Å². The first kappa shape index (κ1) is 15.8. The molecule has 21 heavy (non-hydrogen) atoms. The maximum atomic E-state index is 12.7. The Balaban J connectivity index is 2.27. The largest absolute Gasteiger partial charge is 0.481 e. The number of carboxylic acid groups (broad SMARTS) is 1. The minimum atomic E-state index is -2.71. The van der Waals surface area contributed by atoms with Crippen molar-refractivity contribution in [3.63, 3.8) is 0 Å². The van der Waals surface area contributed by atoms with Crippen molar-refractivity contribution < 1.29 is 18.7 Å². The summed E-state index contributed by atoms with van der Waals surface area (Å²) in [6.45, 7) is 0.203. The first-order chi connectivity index (χ1) is 9.97. The first-order valence-corrected chi connectivity index (χ1v) is 7.27. The molecule has 0 amide bonds. The minimum Gasteiger partial charge on any atom is -0.481 e. The van der Waals surface area contributed by atoms with Crippen LogP contribution < -0.4 is 0 Å². The van der Waals surface area contributed by atoms with Gasteiger partial charge >= 0.3 is 5.97 Å². The SMILES string of the molecule is O=C(O)CSc1cc(C(F)F)nn1Cc1ccccc1Cl. The Kier molecular flexibility index (Phi) is 5.19. The number of aromatic nitrogens is 2. The lowest BCUT2D eigenvalue weighted by atomic mass is 10.2. The molecule has 1 aromatic carbocycles. The van der Waals surface area contributed by atoms with E-state index in [1.165, 1.54) is 10.7 Å². The average Bonchev–Trinajstić information content (AvgIpc) is 2.82. The predicted octanol–water partition coefficient (Wildman–Crippen LogP) is 3.70. The van der Waals surface area contributed by atoms with Crippen LogP contribution >= 0.6 is 23.4 Å². The maximum Gasteiger partial charge on any atom is 0.313 e. The molecule has 0 bridgehead atoms. The van der Waals surface area contributed by atoms with Crippen LogP contribution in [0.25, 0.3) is 0 Å². The average molecular weight is 333 g/mol. The van der Waals surface area contributed by atoms with E-state index in [-0.39, 0.29) is 18.0 Å². The summed E-state index contributed by atoms with van der Waals surface area (Å²) >= 11 is 6.98. The van der Waals surface area contributed by atoms with Gasteiger partial charge in [-0.25, -0.2) is 8.78 Å². The molecule has 0 saturated carbocycles. The van der Waals surface area contributed by atoms with Gasteiger partial charge in [-0.15, -0.1) is 0 Å². The van der Waals surface area contributed by atoms with Crippen LogP contribution in [-0.4, -0.2) is 26.6 Å². The molecule has 1 heterocycles. The van der Waals surface area contributed by atoms with Gasteiger partial charge in [0.15, 0.2) is 0 Å². The number of benzene rings is 1. The summed E-state index contributed by atoms with van der Waals surface area (Å²) in [5.41, 5.74) is 0.343. The Morgan fingerprint density at radius 1 is 1.43 bits per heavy atom. The Labute approximate surface area is 128 Å². The van der Waals surface area contributed by atoms with Crippen LogP contribution in [0.15, 0.2) is 35.4 Å². The van der Waals surface area contributed by atoms with Crippen molar-refractivity contribution >= 4 is 29.3 Å². The Morgan fingerprint density at radius 3 is 2.76 bits per heavy atom. The van der Waals surface area contributed by atoms with Gasteiger partial charge in [0, 0.05) is 5.02 Å². The maximum absolute atomic E-state index is 12.7. The smallest absolute Gasteiger partial charge is 0.313 e. The van der Waals surface area contributed by atoms with E-state index in [9.17, 15) is 13.6 Å². The molecular formula is C13H11ClF2N2O2S. The summed E-state index contributed by atoms with van der Waals surface area (Å²) in [4.78, 5) is 10.6. The molecule has 0 radical (unpaired) electrons. The van der Waals surface area contributed by atoms with Crippen LogP contribution in [-0.2, 0) is 11.3 Å². The third-order valence-electron chi connectivity index (χ3n) is 2.61. The van der Waals surface area contributed by atoms with Crippen molar-refractivity contribution in [1.82, 2.24) is 9.78 Å². The molecule has 0 fully saturated rings. The highest BCUT2D eigenvalue weighted by molar-refractivity contribution is 7.99. The molecule has 0 aliphatic rings. The monoisotopic (exact) mass is 332 g/mol. The van der Waals surface area contributed by atoms with Crippen LogP contribution in [0.3, 0.4) is 0 Å². The Bertz CT molecular complexity index is 649. The van der Waals surface area contributed by atoms with Gasteiger partial charge in [0.1, 0.15) is 5.69 Å². The summed E-state index contributed by atoms with van der Waals surface area (Å²) in [6, 6.07) is 8.20. The van der Waals surface area contributed by atoms with E-state index < -0.39 is 12.4 Å². The van der Waals surface area contributed by atoms with Crippen molar-refractivity contribution in [2.75, 3.05) is 5.75 Å². The number of alkyl halides is 2. The number of aliphatic carboxylic acids is 1. The number of carbonyl (C=O) groups is 1. The van der Waals surface area contributed by atoms with Gasteiger partial charge in [0.25, 0.3) is 6.43 Å². The second-order valence-electron chi connectivity index (χ2n) is 4.14. The second-order valence-corrected chi connectivity index (χ2v) is 5.54. The molecule has 1 N–H and O–H groups in total. The zero-order chi connectivity index (χ0) is 15.4. The van der Waals surface area contributed by atoms with Crippen LogP contribution in [0, 0.1) is 0 Å². The van der Waals surface area contributed by atoms with Gasteiger partial charge in [0.2, 0.25) is 0 Å². The molecule has 0 aliphatic carbocycles. The molecule has 0 spiro atoms. The fourth-order valence-electron chi connectivity index (χ4n) is 1.68. The fourth-order valence-corrected chi connectivity index (χ4v) is 2.60. The van der Waals surface area contributed by atoms with Crippen LogP contribution in [0.5, 0.6) is 0 Å².